The molecule has 1 aliphatic carbocycles. The number of phenols is 1. The summed E-state index contributed by atoms with van der Waals surface area (Å²) in [5.74, 6) is -10.4. The number of carbonyl (C=O) groups excluding carboxylic acids is 11. The van der Waals surface area contributed by atoms with E-state index >= 15 is 0 Å². The fraction of sp³-hybridized carbons (Fsp3) is 0.489. The number of nitrogens with zero attached hydrogens (tertiary/aromatic N) is 2. The summed E-state index contributed by atoms with van der Waals surface area (Å²) >= 11 is 0. The fourth-order valence-electron chi connectivity index (χ4n) is 8.74. The van der Waals surface area contributed by atoms with Crippen molar-refractivity contribution >= 4 is 92.5 Å². The standard InChI is InChI=1S/C47H65N15O12S2/c48-28-22-75-76-23-33(44(73)62-16-4-8-34(62)43(72)56-29(7-3-15-54-46(52)53)39(68)55-21-37(51)66)59-41(70)32(18-36(50)65)58-40(69)30(13-14-35(49)64)60-45(74)47(19-25-5-1-2-6-26(25)20-47)61-42(71)31(57-38(28)67)17-24-9-11-27(63)12-10-24/h1-2,5-6,9-12,28-34,63H,3-4,7-8,13-23,48H2,(H2,49,64)(H2,50,65)(H2,51,66)(H,55,68)(H,56,72)(H,57,67)(H,58,69)(H,59,70)(H,60,74)(H,61,71)(H4,52,53,54)/t28-,29-,30+,31+,32+,33-,34+/m1/s1. The molecule has 0 unspecified atom stereocenters. The first-order valence-corrected chi connectivity index (χ1v) is 26.7. The number of primary amides is 3. The Hall–Kier alpha value is -7.66. The number of hydrogen-bond acceptors (Lipinski definition) is 16. The van der Waals surface area contributed by atoms with Crippen LogP contribution in [-0.4, -0.2) is 160 Å². The zero-order chi connectivity index (χ0) is 55.7. The molecule has 76 heavy (non-hydrogen) atoms. The molecule has 0 aromatic heterocycles. The predicted molar refractivity (Wildman–Crippen MR) is 278 cm³/mol. The van der Waals surface area contributed by atoms with Gasteiger partial charge in [0.15, 0.2) is 5.96 Å². The van der Waals surface area contributed by atoms with Crippen molar-refractivity contribution in [2.24, 2.45) is 39.4 Å². The van der Waals surface area contributed by atoms with Crippen molar-refractivity contribution in [2.75, 3.05) is 31.1 Å². The molecule has 2 aromatic rings. The molecule has 7 atom stereocenters. The number of aliphatic imine (C=N–C) groups is 1. The number of likely N-dealkylation sites (tertiary alicyclic amines) is 1. The Morgan fingerprint density at radius 2 is 1.42 bits per heavy atom. The summed E-state index contributed by atoms with van der Waals surface area (Å²) in [4.78, 5) is 155. The third-order valence-corrected chi connectivity index (χ3v) is 15.1. The van der Waals surface area contributed by atoms with Gasteiger partial charge in [0.05, 0.1) is 19.0 Å². The summed E-state index contributed by atoms with van der Waals surface area (Å²) in [6, 6.07) is 2.80. The highest BCUT2D eigenvalue weighted by molar-refractivity contribution is 8.76. The minimum Gasteiger partial charge on any atom is -0.508 e. The van der Waals surface area contributed by atoms with Crippen molar-refractivity contribution in [3.8, 4) is 5.75 Å². The number of benzene rings is 2. The molecule has 11 amide bonds. The third-order valence-electron chi connectivity index (χ3n) is 12.6. The van der Waals surface area contributed by atoms with Gasteiger partial charge < -0.3 is 81.6 Å². The number of hydrogen-bond donors (Lipinski definition) is 14. The lowest BCUT2D eigenvalue weighted by molar-refractivity contribution is -0.142. The Bertz CT molecular complexity index is 2530. The number of guanidine groups is 1. The third kappa shape index (κ3) is 17.2. The van der Waals surface area contributed by atoms with E-state index in [2.05, 4.69) is 42.2 Å². The average Bonchev–Trinajstić information content (AvgIpc) is 4.02. The van der Waals surface area contributed by atoms with E-state index in [1.807, 2.05) is 0 Å². The molecule has 0 bridgehead atoms. The van der Waals surface area contributed by atoms with Crippen molar-refractivity contribution in [2.45, 2.75) is 112 Å². The number of nitrogens with one attached hydrogen (secondary N) is 7. The second kappa shape index (κ2) is 27.8. The van der Waals surface area contributed by atoms with Crippen LogP contribution in [0.25, 0.3) is 0 Å². The van der Waals surface area contributed by atoms with Gasteiger partial charge >= 0.3 is 0 Å². The highest BCUT2D eigenvalue weighted by Crippen LogP contribution is 2.32. The first-order valence-electron chi connectivity index (χ1n) is 24.2. The second-order valence-electron chi connectivity index (χ2n) is 18.5. The van der Waals surface area contributed by atoms with Gasteiger partial charge in [-0.3, -0.25) is 57.7 Å². The molecule has 1 spiro atoms. The normalized spacial score (nSPS) is 22.8. The highest BCUT2D eigenvalue weighted by atomic mass is 33.1. The summed E-state index contributed by atoms with van der Waals surface area (Å²) in [6.45, 7) is -0.440. The van der Waals surface area contributed by atoms with E-state index in [1.54, 1.807) is 24.3 Å². The Labute approximate surface area is 444 Å². The number of nitrogens with two attached hydrogens (primary N) is 6. The molecule has 27 nitrogen and oxygen atoms in total. The van der Waals surface area contributed by atoms with Crippen LogP contribution in [0.4, 0.5) is 0 Å². The van der Waals surface area contributed by atoms with E-state index in [4.69, 9.17) is 34.4 Å². The SMILES string of the molecule is NC(=O)CC[C@@H]1NC(=O)C2(Cc3ccccc3C2)NC(=O)[C@H](Cc2ccc(O)cc2)NC(=O)[C@H](N)CSSC[C@H](C(=O)N2CCC[C@H]2C(=O)N[C@H](CCCN=C(N)N)C(=O)NCC(N)=O)NC(=O)[C@H](CC(N)=O)NC1=O. The topological polar surface area (TPSA) is 464 Å². The van der Waals surface area contributed by atoms with Crippen LogP contribution in [0.1, 0.15) is 61.6 Å². The van der Waals surface area contributed by atoms with E-state index in [9.17, 15) is 57.8 Å². The van der Waals surface area contributed by atoms with Crippen LogP contribution in [0.3, 0.4) is 0 Å². The van der Waals surface area contributed by atoms with Crippen LogP contribution in [0, 0.1) is 0 Å². The molecular weight excluding hydrogens is 1030 g/mol. The van der Waals surface area contributed by atoms with Gasteiger partial charge in [-0.1, -0.05) is 58.0 Å². The van der Waals surface area contributed by atoms with Gasteiger partial charge in [0, 0.05) is 50.3 Å². The van der Waals surface area contributed by atoms with Crippen molar-refractivity contribution in [1.82, 2.24) is 42.1 Å². The predicted octanol–water partition coefficient (Wildman–Crippen LogP) is -5.48. The molecular formula is C47H65N15O12S2. The van der Waals surface area contributed by atoms with Crippen LogP contribution in [-0.2, 0) is 72.0 Å². The zero-order valence-corrected chi connectivity index (χ0v) is 43.0. The van der Waals surface area contributed by atoms with Gasteiger partial charge in [-0.05, 0) is 60.9 Å². The molecule has 0 radical (unpaired) electrons. The summed E-state index contributed by atoms with van der Waals surface area (Å²) in [6.07, 6.45) is -1.39. The monoisotopic (exact) mass is 1100 g/mol. The van der Waals surface area contributed by atoms with E-state index in [-0.39, 0.29) is 74.8 Å². The second-order valence-corrected chi connectivity index (χ2v) is 21.1. The highest BCUT2D eigenvalue weighted by Gasteiger charge is 2.48. The molecule has 2 aliphatic heterocycles. The molecule has 5 rings (SSSR count). The van der Waals surface area contributed by atoms with Gasteiger partial charge in [0.25, 0.3) is 0 Å². The quantitative estimate of drug-likeness (QED) is 0.0304. The smallest absolute Gasteiger partial charge is 0.247 e. The van der Waals surface area contributed by atoms with Gasteiger partial charge in [0.2, 0.25) is 65.0 Å². The van der Waals surface area contributed by atoms with Crippen LogP contribution < -0.4 is 71.6 Å². The first-order chi connectivity index (χ1) is 36.0. The average molecular weight is 1100 g/mol. The number of carbonyl (C=O) groups is 11. The van der Waals surface area contributed by atoms with E-state index in [0.717, 1.165) is 21.6 Å². The fourth-order valence-corrected chi connectivity index (χ4v) is 11.0. The van der Waals surface area contributed by atoms with Crippen molar-refractivity contribution in [3.05, 3.63) is 65.2 Å². The summed E-state index contributed by atoms with van der Waals surface area (Å²) in [7, 11) is 2.01. The molecule has 0 saturated carbocycles. The maximum Gasteiger partial charge on any atom is 0.247 e. The van der Waals surface area contributed by atoms with Crippen molar-refractivity contribution < 1.29 is 57.8 Å². The molecule has 20 N–H and O–H groups in total. The van der Waals surface area contributed by atoms with Crippen LogP contribution >= 0.6 is 21.6 Å². The van der Waals surface area contributed by atoms with E-state index < -0.39 is 139 Å². The van der Waals surface area contributed by atoms with Crippen LogP contribution in [0.15, 0.2) is 53.5 Å². The van der Waals surface area contributed by atoms with Gasteiger partial charge in [-0.15, -0.1) is 0 Å². The molecule has 2 heterocycles. The first kappa shape index (κ1) is 59.2. The number of rotatable bonds is 17. The van der Waals surface area contributed by atoms with Crippen molar-refractivity contribution in [3.63, 3.8) is 0 Å². The molecule has 2 fully saturated rings. The van der Waals surface area contributed by atoms with Gasteiger partial charge in [0.1, 0.15) is 47.5 Å². The van der Waals surface area contributed by atoms with Crippen molar-refractivity contribution in [1.29, 1.82) is 0 Å². The Morgan fingerprint density at radius 3 is 2.05 bits per heavy atom. The Kier molecular flexibility index (Phi) is 21.6. The van der Waals surface area contributed by atoms with Crippen LogP contribution in [0.5, 0.6) is 5.75 Å². The maximum absolute atomic E-state index is 14.8. The minimum absolute atomic E-state index is 0.00192. The van der Waals surface area contributed by atoms with E-state index in [0.29, 0.717) is 23.1 Å². The molecule has 3 aliphatic rings. The summed E-state index contributed by atoms with van der Waals surface area (Å²) in [5, 5.41) is 28.1. The Morgan fingerprint density at radius 1 is 0.776 bits per heavy atom. The molecule has 29 heteroatoms. The van der Waals surface area contributed by atoms with Gasteiger partial charge in [-0.25, -0.2) is 0 Å². The minimum atomic E-state index is -1.81. The Balaban J connectivity index is 1.49. The molecule has 412 valence electrons. The summed E-state index contributed by atoms with van der Waals surface area (Å²) < 4.78 is 0. The number of phenolic OH excluding ortho intramolecular Hbond substituents is 1. The lowest BCUT2D eigenvalue weighted by atomic mass is 9.92. The zero-order valence-electron chi connectivity index (χ0n) is 41.4. The maximum atomic E-state index is 14.8. The number of fused-ring (bicyclic) bond motifs is 1. The van der Waals surface area contributed by atoms with E-state index in [1.165, 1.54) is 29.2 Å². The number of amides is 11. The number of aromatic hydroxyl groups is 1. The largest absolute Gasteiger partial charge is 0.508 e. The van der Waals surface area contributed by atoms with Gasteiger partial charge in [-0.2, -0.15) is 0 Å². The lowest BCUT2D eigenvalue weighted by Crippen LogP contribution is -2.66. The molecule has 2 aromatic carbocycles. The summed E-state index contributed by atoms with van der Waals surface area (Å²) in [5.41, 5.74) is 33.5. The molecule has 2 saturated heterocycles. The van der Waals surface area contributed by atoms with Crippen LogP contribution in [0.2, 0.25) is 0 Å². The lowest BCUT2D eigenvalue weighted by Gasteiger charge is -2.33.